The van der Waals surface area contributed by atoms with E-state index in [-0.39, 0.29) is 23.5 Å². The van der Waals surface area contributed by atoms with Crippen molar-refractivity contribution < 1.29 is 17.4 Å². The molecule has 3 aromatic heterocycles. The van der Waals surface area contributed by atoms with E-state index in [1.165, 1.54) is 24.6 Å². The molecule has 0 spiro atoms. The van der Waals surface area contributed by atoms with Crippen LogP contribution in [0.25, 0.3) is 22.4 Å². The topological polar surface area (TPSA) is 138 Å². The van der Waals surface area contributed by atoms with Gasteiger partial charge in [-0.25, -0.2) is 12.7 Å². The van der Waals surface area contributed by atoms with Crippen molar-refractivity contribution in [3.05, 3.63) is 28.3 Å². The van der Waals surface area contributed by atoms with Crippen LogP contribution in [-0.2, 0) is 15.6 Å². The van der Waals surface area contributed by atoms with Gasteiger partial charge in [-0.15, -0.1) is 21.5 Å². The minimum atomic E-state index is -3.64. The van der Waals surface area contributed by atoms with Gasteiger partial charge in [0.15, 0.2) is 5.69 Å². The molecule has 0 bridgehead atoms. The fourth-order valence-corrected chi connectivity index (χ4v) is 5.82. The van der Waals surface area contributed by atoms with Crippen molar-refractivity contribution in [2.75, 3.05) is 12.8 Å². The summed E-state index contributed by atoms with van der Waals surface area (Å²) < 4.78 is 36.0. The zero-order chi connectivity index (χ0) is 19.4. The van der Waals surface area contributed by atoms with E-state index in [1.54, 1.807) is 19.1 Å². The van der Waals surface area contributed by atoms with Crippen molar-refractivity contribution in [1.82, 2.24) is 25.0 Å². The Hall–Kier alpha value is -2.44. The Bertz CT molecular complexity index is 1120. The molecule has 1 atom stereocenters. The van der Waals surface area contributed by atoms with Crippen LogP contribution in [0.1, 0.15) is 11.8 Å². The number of nitrogens with one attached hydrogen (secondary N) is 2. The Morgan fingerprint density at radius 1 is 1.41 bits per heavy atom. The van der Waals surface area contributed by atoms with Gasteiger partial charge in [0.05, 0.1) is 26.1 Å². The molecule has 0 unspecified atom stereocenters. The summed E-state index contributed by atoms with van der Waals surface area (Å²) in [4.78, 5) is 1.13. The second-order valence-corrected chi connectivity index (χ2v) is 9.57. The third kappa shape index (κ3) is 2.99. The van der Waals surface area contributed by atoms with Gasteiger partial charge < -0.3 is 14.3 Å². The quantitative estimate of drug-likeness (QED) is 0.646. The zero-order valence-corrected chi connectivity index (χ0v) is 16.4. The Balaban J connectivity index is 1.71. The lowest BCUT2D eigenvalue weighted by atomic mass is 10.0. The van der Waals surface area contributed by atoms with E-state index < -0.39 is 15.6 Å². The second kappa shape index (κ2) is 6.04. The van der Waals surface area contributed by atoms with Gasteiger partial charge >= 0.3 is 0 Å². The molecule has 0 radical (unpaired) electrons. The monoisotopic (exact) mass is 428 g/mol. The number of nitrogens with zero attached hydrogens (tertiary/aromatic N) is 4. The van der Waals surface area contributed by atoms with Gasteiger partial charge in [-0.05, 0) is 13.0 Å². The highest BCUT2D eigenvalue weighted by molar-refractivity contribution is 7.89. The van der Waals surface area contributed by atoms with Crippen LogP contribution in [0.2, 0.25) is 5.02 Å². The molecule has 3 aromatic rings. The van der Waals surface area contributed by atoms with E-state index in [4.69, 9.17) is 26.0 Å². The summed E-state index contributed by atoms with van der Waals surface area (Å²) in [5, 5.41) is 22.8. The molecular weight excluding hydrogens is 416 g/mol. The van der Waals surface area contributed by atoms with Crippen LogP contribution in [0.3, 0.4) is 0 Å². The molecule has 142 valence electrons. The molecule has 4 heterocycles. The lowest BCUT2D eigenvalue weighted by Crippen LogP contribution is -2.60. The number of halogens is 1. The maximum Gasteiger partial charge on any atom is 0.270 e. The van der Waals surface area contributed by atoms with Crippen LogP contribution >= 0.6 is 22.9 Å². The van der Waals surface area contributed by atoms with Gasteiger partial charge in [-0.2, -0.15) is 0 Å². The summed E-state index contributed by atoms with van der Waals surface area (Å²) in [6.45, 7) is 1.68. The lowest BCUT2D eigenvalue weighted by molar-refractivity contribution is 0.419. The normalized spacial score (nSPS) is 22.0. The van der Waals surface area contributed by atoms with E-state index in [1.807, 2.05) is 0 Å². The van der Waals surface area contributed by atoms with Gasteiger partial charge in [0.2, 0.25) is 16.0 Å². The first-order valence-corrected chi connectivity index (χ1v) is 10.4. The third-order valence-corrected chi connectivity index (χ3v) is 7.83. The minimum absolute atomic E-state index is 0.192. The van der Waals surface area contributed by atoms with Crippen molar-refractivity contribution in [3.8, 4) is 22.4 Å². The van der Waals surface area contributed by atoms with Crippen molar-refractivity contribution in [2.24, 2.45) is 0 Å². The van der Waals surface area contributed by atoms with Crippen molar-refractivity contribution in [1.29, 1.82) is 5.41 Å². The van der Waals surface area contributed by atoms with Gasteiger partial charge in [0.25, 0.3) is 11.8 Å². The SMILES string of the molecule is CN1C(=N)N[C@](C)(c2sc(-c3nnc(-c4ccon4)o3)cc2Cl)CS1(=O)=O. The highest BCUT2D eigenvalue weighted by Gasteiger charge is 2.44. The van der Waals surface area contributed by atoms with E-state index in [0.29, 0.717) is 20.5 Å². The van der Waals surface area contributed by atoms with Crippen LogP contribution in [0.15, 0.2) is 27.3 Å². The Labute approximate surface area is 162 Å². The molecule has 1 fully saturated rings. The minimum Gasteiger partial charge on any atom is -0.414 e. The van der Waals surface area contributed by atoms with Crippen LogP contribution in [0.4, 0.5) is 0 Å². The first-order chi connectivity index (χ1) is 12.7. The molecule has 0 saturated carbocycles. The molecule has 13 heteroatoms. The van der Waals surface area contributed by atoms with Crippen molar-refractivity contribution in [3.63, 3.8) is 0 Å². The Morgan fingerprint density at radius 3 is 2.81 bits per heavy atom. The molecule has 10 nitrogen and oxygen atoms in total. The van der Waals surface area contributed by atoms with Crippen LogP contribution in [0.5, 0.6) is 0 Å². The number of rotatable bonds is 3. The highest BCUT2D eigenvalue weighted by Crippen LogP contribution is 2.42. The van der Waals surface area contributed by atoms with Crippen LogP contribution in [0, 0.1) is 5.41 Å². The number of guanidine groups is 1. The summed E-state index contributed by atoms with van der Waals surface area (Å²) in [7, 11) is -2.31. The molecule has 1 aliphatic rings. The summed E-state index contributed by atoms with van der Waals surface area (Å²) in [5.41, 5.74) is -0.655. The van der Waals surface area contributed by atoms with Gasteiger partial charge in [-0.1, -0.05) is 16.8 Å². The predicted molar refractivity (Wildman–Crippen MR) is 97.9 cm³/mol. The Kier molecular flexibility index (Phi) is 4.01. The first kappa shape index (κ1) is 17.9. The van der Waals surface area contributed by atoms with Crippen molar-refractivity contribution in [2.45, 2.75) is 12.5 Å². The molecule has 0 aromatic carbocycles. The molecule has 27 heavy (non-hydrogen) atoms. The summed E-state index contributed by atoms with van der Waals surface area (Å²) >= 11 is 7.59. The predicted octanol–water partition coefficient (Wildman–Crippen LogP) is 2.12. The average molecular weight is 429 g/mol. The average Bonchev–Trinajstić information content (AvgIpc) is 3.31. The standard InChI is InChI=1S/C14H13ClN6O4S2/c1-14(6-27(22,23)21(2)13(16)17-14)10-7(15)5-9(26-10)12-19-18-11(25-12)8-3-4-24-20-8/h3-5H,6H2,1-2H3,(H2,16,17)/t14-/m0/s1. The van der Waals surface area contributed by atoms with Crippen LogP contribution < -0.4 is 5.32 Å². The lowest BCUT2D eigenvalue weighted by Gasteiger charge is -2.39. The van der Waals surface area contributed by atoms with Crippen molar-refractivity contribution >= 4 is 38.9 Å². The Morgan fingerprint density at radius 2 is 2.15 bits per heavy atom. The fraction of sp³-hybridized carbons (Fsp3) is 0.286. The molecule has 4 rings (SSSR count). The largest absolute Gasteiger partial charge is 0.414 e. The first-order valence-electron chi connectivity index (χ1n) is 7.57. The molecule has 1 saturated heterocycles. The number of sulfonamides is 1. The molecule has 0 amide bonds. The van der Waals surface area contributed by atoms with E-state index in [2.05, 4.69) is 20.7 Å². The van der Waals surface area contributed by atoms with Crippen LogP contribution in [-0.4, -0.2) is 46.8 Å². The van der Waals surface area contributed by atoms with Gasteiger partial charge in [-0.3, -0.25) is 5.41 Å². The number of aromatic nitrogens is 3. The summed E-state index contributed by atoms with van der Waals surface area (Å²) in [6, 6.07) is 3.22. The zero-order valence-electron chi connectivity index (χ0n) is 14.1. The summed E-state index contributed by atoms with van der Waals surface area (Å²) in [5.74, 6) is -0.0497. The molecule has 1 aliphatic heterocycles. The highest BCUT2D eigenvalue weighted by atomic mass is 35.5. The number of hydrogen-bond acceptors (Lipinski definition) is 9. The van der Waals surface area contributed by atoms with E-state index >= 15 is 0 Å². The molecule has 2 N–H and O–H groups in total. The van der Waals surface area contributed by atoms with Gasteiger partial charge in [0, 0.05) is 13.1 Å². The fourth-order valence-electron chi connectivity index (χ4n) is 2.70. The maximum atomic E-state index is 12.4. The maximum absolute atomic E-state index is 12.4. The third-order valence-electron chi connectivity index (χ3n) is 4.08. The van der Waals surface area contributed by atoms with E-state index in [9.17, 15) is 8.42 Å². The molecule has 0 aliphatic carbocycles. The summed E-state index contributed by atoms with van der Waals surface area (Å²) in [6.07, 6.45) is 1.39. The second-order valence-electron chi connectivity index (χ2n) is 6.11. The number of thiophene rings is 1. The number of hydrogen-bond donors (Lipinski definition) is 2. The van der Waals surface area contributed by atoms with E-state index in [0.717, 1.165) is 4.31 Å². The van der Waals surface area contributed by atoms with Gasteiger partial charge in [0.1, 0.15) is 6.26 Å². The molecular formula is C14H13ClN6O4S2. The smallest absolute Gasteiger partial charge is 0.270 e.